The molecule has 2 aromatic carbocycles. The van der Waals surface area contributed by atoms with Crippen molar-refractivity contribution in [2.75, 3.05) is 26.7 Å². The summed E-state index contributed by atoms with van der Waals surface area (Å²) in [7, 11) is 1.51. The molecule has 0 radical (unpaired) electrons. The number of pyridine rings is 1. The molecule has 9 nitrogen and oxygen atoms in total. The monoisotopic (exact) mass is 572 g/mol. The van der Waals surface area contributed by atoms with E-state index in [1.165, 1.54) is 13.2 Å². The number of methoxy groups -OCH3 is 1. The molecule has 1 saturated heterocycles. The largest absolute Gasteiger partial charge is 0.496 e. The summed E-state index contributed by atoms with van der Waals surface area (Å²) >= 11 is 0. The van der Waals surface area contributed by atoms with Gasteiger partial charge in [0.15, 0.2) is 0 Å². The number of fused-ring (bicyclic) bond motifs is 1. The SMILES string of the molecule is CCN(CC)C(=O)[C@@H]1CC[C@@H](NC(=O)c2ccc3[nH]nc(-c4ccnc(C)c4)c3c2)CN1Cc1c(F)cccc1OC. The minimum Gasteiger partial charge on any atom is -0.496 e. The molecule has 1 aliphatic rings. The molecule has 0 bridgehead atoms. The molecule has 10 heteroatoms. The van der Waals surface area contributed by atoms with E-state index in [0.717, 1.165) is 27.9 Å². The Morgan fingerprint density at radius 1 is 1.14 bits per heavy atom. The van der Waals surface area contributed by atoms with E-state index >= 15 is 0 Å². The molecule has 2 amide bonds. The average molecular weight is 573 g/mol. The van der Waals surface area contributed by atoms with Crippen LogP contribution in [0.15, 0.2) is 54.7 Å². The number of aromatic amines is 1. The van der Waals surface area contributed by atoms with Crippen molar-refractivity contribution in [3.8, 4) is 17.0 Å². The molecule has 220 valence electrons. The lowest BCUT2D eigenvalue weighted by molar-refractivity contribution is -0.138. The second-order valence-corrected chi connectivity index (χ2v) is 10.6. The molecule has 2 aromatic heterocycles. The van der Waals surface area contributed by atoms with Gasteiger partial charge in [-0.15, -0.1) is 0 Å². The van der Waals surface area contributed by atoms with Crippen LogP contribution in [-0.2, 0) is 11.3 Å². The Kier molecular flexibility index (Phi) is 8.82. The van der Waals surface area contributed by atoms with Gasteiger partial charge in [0.25, 0.3) is 5.91 Å². The van der Waals surface area contributed by atoms with Gasteiger partial charge in [-0.05, 0) is 76.1 Å². The van der Waals surface area contributed by atoms with E-state index in [1.54, 1.807) is 29.3 Å². The fraction of sp³-hybridized carbons (Fsp3) is 0.375. The summed E-state index contributed by atoms with van der Waals surface area (Å²) in [5.41, 5.74) is 4.29. The number of hydrogen-bond donors (Lipinski definition) is 2. The molecule has 0 saturated carbocycles. The number of amides is 2. The molecule has 0 aliphatic carbocycles. The molecular formula is C32H37FN6O3. The first kappa shape index (κ1) is 29.2. The van der Waals surface area contributed by atoms with Crippen molar-refractivity contribution in [1.82, 2.24) is 30.3 Å². The van der Waals surface area contributed by atoms with Crippen LogP contribution in [0.1, 0.15) is 48.3 Å². The van der Waals surface area contributed by atoms with Crippen LogP contribution in [0.3, 0.4) is 0 Å². The van der Waals surface area contributed by atoms with E-state index < -0.39 is 6.04 Å². The number of carbonyl (C=O) groups is 2. The first-order valence-corrected chi connectivity index (χ1v) is 14.4. The zero-order chi connectivity index (χ0) is 29.8. The molecule has 1 aliphatic heterocycles. The number of aromatic nitrogens is 3. The van der Waals surface area contributed by atoms with Gasteiger partial charge in [0, 0.05) is 66.2 Å². The van der Waals surface area contributed by atoms with Crippen molar-refractivity contribution in [3.63, 3.8) is 0 Å². The van der Waals surface area contributed by atoms with Crippen molar-refractivity contribution in [2.24, 2.45) is 0 Å². The van der Waals surface area contributed by atoms with Crippen LogP contribution in [0.5, 0.6) is 5.75 Å². The first-order chi connectivity index (χ1) is 20.3. The summed E-state index contributed by atoms with van der Waals surface area (Å²) in [5.74, 6) is -0.145. The predicted octanol–water partition coefficient (Wildman–Crippen LogP) is 4.71. The number of nitrogens with one attached hydrogen (secondary N) is 2. The molecule has 0 spiro atoms. The molecule has 3 heterocycles. The van der Waals surface area contributed by atoms with Gasteiger partial charge < -0.3 is 15.0 Å². The highest BCUT2D eigenvalue weighted by molar-refractivity contribution is 6.01. The second-order valence-electron chi connectivity index (χ2n) is 10.6. The number of likely N-dealkylation sites (tertiary alicyclic amines) is 1. The fourth-order valence-electron chi connectivity index (χ4n) is 5.79. The van der Waals surface area contributed by atoms with Crippen molar-refractivity contribution >= 4 is 22.7 Å². The lowest BCUT2D eigenvalue weighted by atomic mass is 9.95. The Morgan fingerprint density at radius 2 is 1.95 bits per heavy atom. The van der Waals surface area contributed by atoms with Gasteiger partial charge in [-0.1, -0.05) is 6.07 Å². The van der Waals surface area contributed by atoms with E-state index in [0.29, 0.717) is 49.4 Å². The number of halogens is 1. The molecule has 1 fully saturated rings. The minimum absolute atomic E-state index is 0.0179. The van der Waals surface area contributed by atoms with Gasteiger partial charge >= 0.3 is 0 Å². The highest BCUT2D eigenvalue weighted by atomic mass is 19.1. The standard InChI is InChI=1S/C32H37FN6O3/c1-5-38(6-2)32(41)28-13-11-23(18-39(28)19-25-26(33)8-7-9-29(25)42-4)35-31(40)22-10-12-27-24(17-22)30(37-36-27)21-14-15-34-20(3)16-21/h7-10,12,14-17,23,28H,5-6,11,13,18-19H2,1-4H3,(H,35,40)(H,36,37)/t23-,28+/m1/s1. The quantitative estimate of drug-likeness (QED) is 0.301. The maximum atomic E-state index is 14.9. The van der Waals surface area contributed by atoms with Gasteiger partial charge in [0.1, 0.15) is 17.3 Å². The van der Waals surface area contributed by atoms with Crippen LogP contribution in [0, 0.1) is 12.7 Å². The number of rotatable bonds is 9. The zero-order valence-electron chi connectivity index (χ0n) is 24.5. The van der Waals surface area contributed by atoms with E-state index in [1.807, 2.05) is 49.9 Å². The Morgan fingerprint density at radius 3 is 2.69 bits per heavy atom. The van der Waals surface area contributed by atoms with Crippen LogP contribution in [0.2, 0.25) is 0 Å². The lowest BCUT2D eigenvalue weighted by Gasteiger charge is -2.41. The minimum atomic E-state index is -0.420. The van der Waals surface area contributed by atoms with Crippen LogP contribution in [0.4, 0.5) is 4.39 Å². The Bertz CT molecular complexity index is 1580. The van der Waals surface area contributed by atoms with E-state index in [2.05, 4.69) is 20.5 Å². The van der Waals surface area contributed by atoms with E-state index in [-0.39, 0.29) is 30.2 Å². The summed E-state index contributed by atoms with van der Waals surface area (Å²) in [6.45, 7) is 7.62. The summed E-state index contributed by atoms with van der Waals surface area (Å²) in [4.78, 5) is 35.0. The fourth-order valence-corrected chi connectivity index (χ4v) is 5.79. The normalized spacial score (nSPS) is 17.3. The molecule has 0 unspecified atom stereocenters. The third-order valence-electron chi connectivity index (χ3n) is 8.03. The van der Waals surface area contributed by atoms with Gasteiger partial charge in [-0.25, -0.2) is 4.39 Å². The molecule has 2 atom stereocenters. The third kappa shape index (κ3) is 5.99. The van der Waals surface area contributed by atoms with Crippen LogP contribution in [0.25, 0.3) is 22.2 Å². The number of nitrogens with zero attached hydrogens (tertiary/aromatic N) is 4. The number of piperidine rings is 1. The van der Waals surface area contributed by atoms with Crippen molar-refractivity contribution in [2.45, 2.75) is 52.2 Å². The van der Waals surface area contributed by atoms with E-state index in [9.17, 15) is 14.0 Å². The summed E-state index contributed by atoms with van der Waals surface area (Å²) < 4.78 is 20.4. The third-order valence-corrected chi connectivity index (χ3v) is 8.03. The number of ether oxygens (including phenoxy) is 1. The first-order valence-electron chi connectivity index (χ1n) is 14.4. The van der Waals surface area contributed by atoms with Crippen molar-refractivity contribution in [1.29, 1.82) is 0 Å². The van der Waals surface area contributed by atoms with Crippen molar-refractivity contribution in [3.05, 3.63) is 77.4 Å². The summed E-state index contributed by atoms with van der Waals surface area (Å²) in [5, 5.41) is 11.5. The maximum absolute atomic E-state index is 14.9. The van der Waals surface area contributed by atoms with Gasteiger partial charge in [0.05, 0.1) is 18.7 Å². The highest BCUT2D eigenvalue weighted by Gasteiger charge is 2.36. The topological polar surface area (TPSA) is 103 Å². The molecule has 5 rings (SSSR count). The average Bonchev–Trinajstić information content (AvgIpc) is 3.42. The maximum Gasteiger partial charge on any atom is 0.251 e. The van der Waals surface area contributed by atoms with Gasteiger partial charge in [-0.2, -0.15) is 5.10 Å². The van der Waals surface area contributed by atoms with E-state index in [4.69, 9.17) is 4.74 Å². The number of H-pyrrole nitrogens is 1. The number of hydrogen-bond acceptors (Lipinski definition) is 6. The van der Waals surface area contributed by atoms with Crippen LogP contribution < -0.4 is 10.1 Å². The number of benzene rings is 2. The molecular weight excluding hydrogens is 535 g/mol. The Balaban J connectivity index is 1.38. The van der Waals surface area contributed by atoms with Gasteiger partial charge in [-0.3, -0.25) is 24.6 Å². The lowest BCUT2D eigenvalue weighted by Crippen LogP contribution is -2.56. The summed E-state index contributed by atoms with van der Waals surface area (Å²) in [6, 6.07) is 13.4. The van der Waals surface area contributed by atoms with Gasteiger partial charge in [0.2, 0.25) is 5.91 Å². The summed E-state index contributed by atoms with van der Waals surface area (Å²) in [6.07, 6.45) is 2.92. The molecule has 42 heavy (non-hydrogen) atoms. The Hall–Kier alpha value is -4.31. The van der Waals surface area contributed by atoms with Crippen LogP contribution in [-0.4, -0.2) is 75.6 Å². The number of likely N-dealkylation sites (N-methyl/N-ethyl adjacent to an activating group) is 1. The molecule has 4 aromatic rings. The zero-order valence-corrected chi connectivity index (χ0v) is 24.5. The van der Waals surface area contributed by atoms with Crippen molar-refractivity contribution < 1.29 is 18.7 Å². The molecule has 2 N–H and O–H groups in total. The Labute approximate surface area is 245 Å². The van der Waals surface area contributed by atoms with Crippen LogP contribution >= 0.6 is 0 Å². The second kappa shape index (κ2) is 12.7. The number of aryl methyl sites for hydroxylation is 1. The smallest absolute Gasteiger partial charge is 0.251 e. The number of carbonyl (C=O) groups excluding carboxylic acids is 2. The highest BCUT2D eigenvalue weighted by Crippen LogP contribution is 2.29. The predicted molar refractivity (Wildman–Crippen MR) is 160 cm³/mol.